The Morgan fingerprint density at radius 2 is 0.833 bits per heavy atom. The molecule has 0 bridgehead atoms. The van der Waals surface area contributed by atoms with Gasteiger partial charge in [-0.15, -0.1) is 0 Å². The van der Waals surface area contributed by atoms with Crippen LogP contribution in [0.1, 0.15) is 86.0 Å². The van der Waals surface area contributed by atoms with E-state index >= 15 is 0 Å². The van der Waals surface area contributed by atoms with E-state index in [1.807, 2.05) is 0 Å². The minimum Gasteiger partial charge on any atom is -0.0625 e. The maximum atomic E-state index is 2.39. The molecular formula is C18H36. The Morgan fingerprint density at radius 1 is 0.556 bits per heavy atom. The van der Waals surface area contributed by atoms with Crippen LogP contribution in [-0.2, 0) is 0 Å². The summed E-state index contributed by atoms with van der Waals surface area (Å²) in [5.41, 5.74) is 0. The van der Waals surface area contributed by atoms with Crippen molar-refractivity contribution in [2.24, 2.45) is 29.6 Å². The molecule has 0 saturated heterocycles. The van der Waals surface area contributed by atoms with Crippen molar-refractivity contribution in [3.63, 3.8) is 0 Å². The van der Waals surface area contributed by atoms with E-state index in [-0.39, 0.29) is 0 Å². The average Bonchev–Trinajstić information content (AvgIpc) is 2.34. The molecule has 0 N–H and O–H groups in total. The maximum Gasteiger partial charge on any atom is -0.0391 e. The van der Waals surface area contributed by atoms with E-state index in [2.05, 4.69) is 34.6 Å². The summed E-state index contributed by atoms with van der Waals surface area (Å²) in [5, 5.41) is 0. The predicted molar refractivity (Wildman–Crippen MR) is 82.8 cm³/mol. The molecular weight excluding hydrogens is 216 g/mol. The molecule has 0 heterocycles. The zero-order chi connectivity index (χ0) is 13.5. The van der Waals surface area contributed by atoms with Crippen molar-refractivity contribution in [1.29, 1.82) is 0 Å². The summed E-state index contributed by atoms with van der Waals surface area (Å²) < 4.78 is 0. The van der Waals surface area contributed by atoms with Crippen molar-refractivity contribution in [3.8, 4) is 0 Å². The zero-order valence-corrected chi connectivity index (χ0v) is 13.5. The molecule has 0 spiro atoms. The van der Waals surface area contributed by atoms with Gasteiger partial charge in [0, 0.05) is 0 Å². The monoisotopic (exact) mass is 252 g/mol. The molecule has 0 aliphatic heterocycles. The molecule has 0 heteroatoms. The molecule has 2 saturated carbocycles. The van der Waals surface area contributed by atoms with Crippen LogP contribution in [0.3, 0.4) is 0 Å². The third-order valence-corrected chi connectivity index (χ3v) is 5.31. The number of hydrogen-bond acceptors (Lipinski definition) is 0. The molecule has 108 valence electrons. The average molecular weight is 252 g/mol. The van der Waals surface area contributed by atoms with Crippen LogP contribution in [0.4, 0.5) is 0 Å². The Hall–Kier alpha value is 0. The molecule has 2 rings (SSSR count). The van der Waals surface area contributed by atoms with E-state index in [1.165, 1.54) is 51.4 Å². The van der Waals surface area contributed by atoms with E-state index < -0.39 is 0 Å². The molecule has 0 unspecified atom stereocenters. The lowest BCUT2D eigenvalue weighted by Crippen LogP contribution is -2.16. The van der Waals surface area contributed by atoms with Gasteiger partial charge in [0.2, 0.25) is 0 Å². The predicted octanol–water partition coefficient (Wildman–Crippen LogP) is 6.30. The Bertz CT molecular complexity index is 180. The van der Waals surface area contributed by atoms with Crippen molar-refractivity contribution >= 4 is 0 Å². The van der Waals surface area contributed by atoms with E-state index in [4.69, 9.17) is 0 Å². The van der Waals surface area contributed by atoms with Crippen molar-refractivity contribution in [3.05, 3.63) is 0 Å². The third kappa shape index (κ3) is 6.25. The molecule has 2 fully saturated rings. The molecule has 0 aromatic heterocycles. The summed E-state index contributed by atoms with van der Waals surface area (Å²) in [6.45, 7) is 11.8. The summed E-state index contributed by atoms with van der Waals surface area (Å²) in [7, 11) is 0. The van der Waals surface area contributed by atoms with Gasteiger partial charge < -0.3 is 0 Å². The lowest BCUT2D eigenvalue weighted by molar-refractivity contribution is 0.234. The fraction of sp³-hybridized carbons (Fsp3) is 1.00. The van der Waals surface area contributed by atoms with Crippen LogP contribution in [-0.4, -0.2) is 0 Å². The minimum absolute atomic E-state index is 0.924. The quantitative estimate of drug-likeness (QED) is 0.513. The van der Waals surface area contributed by atoms with Gasteiger partial charge in [0.15, 0.2) is 0 Å². The minimum atomic E-state index is 0.924. The first-order valence-corrected chi connectivity index (χ1v) is 8.49. The van der Waals surface area contributed by atoms with Gasteiger partial charge in [0.25, 0.3) is 0 Å². The first kappa shape index (κ1) is 16.1. The summed E-state index contributed by atoms with van der Waals surface area (Å²) >= 11 is 0. The fourth-order valence-electron chi connectivity index (χ4n) is 3.38. The van der Waals surface area contributed by atoms with Crippen LogP contribution in [0.2, 0.25) is 0 Å². The zero-order valence-electron chi connectivity index (χ0n) is 13.5. The highest BCUT2D eigenvalue weighted by Gasteiger charge is 2.20. The van der Waals surface area contributed by atoms with Gasteiger partial charge >= 0.3 is 0 Å². The van der Waals surface area contributed by atoms with Gasteiger partial charge in [-0.05, 0) is 42.4 Å². The highest BCUT2D eigenvalue weighted by molar-refractivity contribution is 4.71. The molecule has 0 amide bonds. The highest BCUT2D eigenvalue weighted by Crippen LogP contribution is 2.32. The Balaban J connectivity index is 0.000000184. The van der Waals surface area contributed by atoms with Gasteiger partial charge in [-0.2, -0.15) is 0 Å². The molecule has 0 atom stereocenters. The van der Waals surface area contributed by atoms with Crippen LogP contribution in [0.15, 0.2) is 0 Å². The van der Waals surface area contributed by atoms with Crippen LogP contribution < -0.4 is 0 Å². The number of hydrogen-bond donors (Lipinski definition) is 0. The van der Waals surface area contributed by atoms with Crippen LogP contribution in [0, 0.1) is 29.6 Å². The number of rotatable bonds is 1. The van der Waals surface area contributed by atoms with Crippen molar-refractivity contribution in [2.75, 3.05) is 0 Å². The van der Waals surface area contributed by atoms with Crippen molar-refractivity contribution < 1.29 is 0 Å². The summed E-state index contributed by atoms with van der Waals surface area (Å²) in [6, 6.07) is 0. The second kappa shape index (κ2) is 8.23. The van der Waals surface area contributed by atoms with E-state index in [1.54, 1.807) is 0 Å². The summed E-state index contributed by atoms with van der Waals surface area (Å²) in [5.74, 6) is 5.01. The topological polar surface area (TPSA) is 0 Å². The lowest BCUT2D eigenvalue weighted by atomic mass is 9.78. The van der Waals surface area contributed by atoms with Crippen LogP contribution >= 0.6 is 0 Å². The molecule has 18 heavy (non-hydrogen) atoms. The second-order valence-corrected chi connectivity index (χ2v) is 7.63. The Morgan fingerprint density at radius 3 is 1.11 bits per heavy atom. The first-order valence-electron chi connectivity index (χ1n) is 8.49. The normalized spacial score (nSPS) is 37.0. The van der Waals surface area contributed by atoms with Crippen molar-refractivity contribution in [2.45, 2.75) is 86.0 Å². The molecule has 0 aromatic carbocycles. The smallest absolute Gasteiger partial charge is 0.0391 e. The first-order chi connectivity index (χ1) is 8.49. The lowest BCUT2D eigenvalue weighted by Gasteiger charge is -2.28. The Kier molecular flexibility index (Phi) is 7.34. The van der Waals surface area contributed by atoms with Gasteiger partial charge in [-0.1, -0.05) is 73.1 Å². The van der Waals surface area contributed by atoms with Crippen LogP contribution in [0.25, 0.3) is 0 Å². The largest absolute Gasteiger partial charge is 0.0625 e. The van der Waals surface area contributed by atoms with Gasteiger partial charge in [0.1, 0.15) is 0 Å². The van der Waals surface area contributed by atoms with E-state index in [0.717, 1.165) is 29.6 Å². The summed E-state index contributed by atoms with van der Waals surface area (Å²) in [4.78, 5) is 0. The van der Waals surface area contributed by atoms with Crippen molar-refractivity contribution in [1.82, 2.24) is 0 Å². The fourth-order valence-corrected chi connectivity index (χ4v) is 3.38. The maximum absolute atomic E-state index is 2.39. The SMILES string of the molecule is CC1CCC(C(C)C)CC1.CC1CCC(C)CC1. The third-order valence-electron chi connectivity index (χ3n) is 5.31. The Labute approximate surface area is 116 Å². The highest BCUT2D eigenvalue weighted by atomic mass is 14.3. The summed E-state index contributed by atoms with van der Waals surface area (Å²) in [6.07, 6.45) is 11.8. The second-order valence-electron chi connectivity index (χ2n) is 7.63. The van der Waals surface area contributed by atoms with E-state index in [9.17, 15) is 0 Å². The van der Waals surface area contributed by atoms with Gasteiger partial charge in [-0.25, -0.2) is 0 Å². The molecule has 0 nitrogen and oxygen atoms in total. The molecule has 2 aliphatic rings. The van der Waals surface area contributed by atoms with Crippen LogP contribution in [0.5, 0.6) is 0 Å². The standard InChI is InChI=1S/C10H20.C8H16/c1-8(2)10-6-4-9(3)5-7-10;1-7-3-5-8(2)6-4-7/h8-10H,4-7H2,1-3H3;7-8H,3-6H2,1-2H3. The van der Waals surface area contributed by atoms with E-state index in [0.29, 0.717) is 0 Å². The van der Waals surface area contributed by atoms with Gasteiger partial charge in [-0.3, -0.25) is 0 Å². The molecule has 0 aromatic rings. The van der Waals surface area contributed by atoms with Gasteiger partial charge in [0.05, 0.1) is 0 Å². The molecule has 0 radical (unpaired) electrons. The molecule has 2 aliphatic carbocycles.